The monoisotopic (exact) mass is 527 g/mol. The van der Waals surface area contributed by atoms with Crippen molar-refractivity contribution in [2.45, 2.75) is 51.7 Å². The summed E-state index contributed by atoms with van der Waals surface area (Å²) in [4.78, 5) is 6.88. The number of H-pyrrole nitrogens is 1. The molecule has 2 aromatic carbocycles. The largest absolute Gasteiger partial charge is 0.486 e. The fourth-order valence-corrected chi connectivity index (χ4v) is 5.71. The van der Waals surface area contributed by atoms with Crippen molar-refractivity contribution in [3.63, 3.8) is 0 Å². The molecule has 3 aromatic rings. The summed E-state index contributed by atoms with van der Waals surface area (Å²) in [6, 6.07) is 17.0. The summed E-state index contributed by atoms with van der Waals surface area (Å²) in [6.45, 7) is 7.14. The standard InChI is InChI=1S/C27H37N5O4S/c1-3-32(4-2)17-10-18-37(33,34)31-23(16-15-21-11-6-5-7-12-21)27-28-26(29-30-27)19-22-20-35-24-13-8-9-14-25(24)36-22/h5-9,11-14,22-23,31H,3-4,10,15-20H2,1-2H3,(H,28,29,30)/t22?,23-/m1/s1. The van der Waals surface area contributed by atoms with Crippen molar-refractivity contribution in [1.29, 1.82) is 0 Å². The molecule has 1 aliphatic heterocycles. The molecule has 0 bridgehead atoms. The molecule has 9 nitrogen and oxygen atoms in total. The van der Waals surface area contributed by atoms with Gasteiger partial charge in [-0.05, 0) is 56.6 Å². The highest BCUT2D eigenvalue weighted by Crippen LogP contribution is 2.31. The fourth-order valence-electron chi connectivity index (χ4n) is 4.43. The molecule has 0 saturated carbocycles. The molecule has 1 aromatic heterocycles. The van der Waals surface area contributed by atoms with Crippen LogP contribution in [-0.4, -0.2) is 66.6 Å². The molecular formula is C27H37N5O4S. The van der Waals surface area contributed by atoms with Crippen LogP contribution in [0.1, 0.15) is 49.9 Å². The number of nitrogens with zero attached hydrogens (tertiary/aromatic N) is 3. The average Bonchev–Trinajstić information content (AvgIpc) is 3.38. The molecule has 200 valence electrons. The lowest BCUT2D eigenvalue weighted by Gasteiger charge is -2.25. The smallest absolute Gasteiger partial charge is 0.212 e. The predicted molar refractivity (Wildman–Crippen MR) is 143 cm³/mol. The van der Waals surface area contributed by atoms with Crippen molar-refractivity contribution in [2.75, 3.05) is 32.0 Å². The van der Waals surface area contributed by atoms with Gasteiger partial charge >= 0.3 is 0 Å². The van der Waals surface area contributed by atoms with Crippen molar-refractivity contribution in [1.82, 2.24) is 24.8 Å². The van der Waals surface area contributed by atoms with Gasteiger partial charge in [-0.1, -0.05) is 56.3 Å². The van der Waals surface area contributed by atoms with Crippen LogP contribution in [0.4, 0.5) is 0 Å². The maximum Gasteiger partial charge on any atom is 0.212 e. The SMILES string of the molecule is CCN(CC)CCCS(=O)(=O)N[C@H](CCc1ccccc1)c1n[nH]c(CC2COc3ccccc3O2)n1. The van der Waals surface area contributed by atoms with Gasteiger partial charge in [-0.2, -0.15) is 5.10 Å². The van der Waals surface area contributed by atoms with Gasteiger partial charge in [-0.25, -0.2) is 18.1 Å². The molecule has 0 saturated heterocycles. The highest BCUT2D eigenvalue weighted by Gasteiger charge is 2.26. The Labute approximate surface area is 219 Å². The van der Waals surface area contributed by atoms with E-state index in [1.165, 1.54) is 0 Å². The maximum absolute atomic E-state index is 13.0. The molecule has 0 radical (unpaired) electrons. The predicted octanol–water partition coefficient (Wildman–Crippen LogP) is 3.51. The summed E-state index contributed by atoms with van der Waals surface area (Å²) in [5.41, 5.74) is 1.13. The number of aromatic nitrogens is 3. The van der Waals surface area contributed by atoms with Gasteiger partial charge < -0.3 is 14.4 Å². The molecule has 2 N–H and O–H groups in total. The lowest BCUT2D eigenvalue weighted by Crippen LogP contribution is -2.33. The number of benzene rings is 2. The van der Waals surface area contributed by atoms with E-state index in [2.05, 4.69) is 38.7 Å². The Kier molecular flexibility index (Phi) is 9.54. The van der Waals surface area contributed by atoms with Crippen LogP contribution in [0, 0.1) is 0 Å². The molecule has 2 atom stereocenters. The zero-order valence-corrected chi connectivity index (χ0v) is 22.4. The van der Waals surface area contributed by atoms with Gasteiger partial charge in [0.05, 0.1) is 11.8 Å². The molecule has 1 aliphatic rings. The normalized spacial score (nSPS) is 16.1. The second kappa shape index (κ2) is 13.0. The number of fused-ring (bicyclic) bond motifs is 1. The zero-order valence-electron chi connectivity index (χ0n) is 21.6. The lowest BCUT2D eigenvalue weighted by atomic mass is 10.1. The van der Waals surface area contributed by atoms with E-state index >= 15 is 0 Å². The van der Waals surface area contributed by atoms with Gasteiger partial charge in [0.2, 0.25) is 10.0 Å². The number of hydrogen-bond donors (Lipinski definition) is 2. The third-order valence-corrected chi connectivity index (χ3v) is 7.99. The van der Waals surface area contributed by atoms with Crippen LogP contribution in [0.25, 0.3) is 0 Å². The number of ether oxygens (including phenoxy) is 2. The molecule has 0 aliphatic carbocycles. The first-order valence-electron chi connectivity index (χ1n) is 13.0. The van der Waals surface area contributed by atoms with Gasteiger partial charge in [0.1, 0.15) is 18.5 Å². The Balaban J connectivity index is 1.42. The summed E-state index contributed by atoms with van der Waals surface area (Å²) >= 11 is 0. The zero-order chi connectivity index (χ0) is 26.1. The molecule has 4 rings (SSSR count). The molecule has 2 heterocycles. The summed E-state index contributed by atoms with van der Waals surface area (Å²) in [5, 5.41) is 7.37. The molecule has 1 unspecified atom stereocenters. The average molecular weight is 528 g/mol. The molecule has 0 fully saturated rings. The van der Waals surface area contributed by atoms with Crippen molar-refractivity contribution < 1.29 is 17.9 Å². The maximum atomic E-state index is 13.0. The summed E-state index contributed by atoms with van der Waals surface area (Å²) in [6.07, 6.45) is 2.09. The van der Waals surface area contributed by atoms with E-state index in [4.69, 9.17) is 9.47 Å². The van der Waals surface area contributed by atoms with Crippen molar-refractivity contribution in [3.8, 4) is 11.5 Å². The number of aromatic amines is 1. The minimum Gasteiger partial charge on any atom is -0.486 e. The Morgan fingerprint density at radius 2 is 1.81 bits per heavy atom. The van der Waals surface area contributed by atoms with E-state index in [9.17, 15) is 8.42 Å². The van der Waals surface area contributed by atoms with Gasteiger partial charge in [-0.15, -0.1) is 0 Å². The highest BCUT2D eigenvalue weighted by atomic mass is 32.2. The van der Waals surface area contributed by atoms with Crippen LogP contribution in [0.5, 0.6) is 11.5 Å². The van der Waals surface area contributed by atoms with Crippen LogP contribution < -0.4 is 14.2 Å². The van der Waals surface area contributed by atoms with Crippen LogP contribution in [-0.2, 0) is 22.9 Å². The molecule has 10 heteroatoms. The third kappa shape index (κ3) is 8.02. The topological polar surface area (TPSA) is 109 Å². The third-order valence-electron chi connectivity index (χ3n) is 6.52. The Bertz CT molecular complexity index is 1210. The van der Waals surface area contributed by atoms with Crippen LogP contribution >= 0.6 is 0 Å². The number of sulfonamides is 1. The first-order valence-corrected chi connectivity index (χ1v) is 14.7. The minimum atomic E-state index is -3.51. The van der Waals surface area contributed by atoms with Crippen LogP contribution in [0.15, 0.2) is 54.6 Å². The van der Waals surface area contributed by atoms with E-state index in [-0.39, 0.29) is 11.9 Å². The van der Waals surface area contributed by atoms with Crippen LogP contribution in [0.3, 0.4) is 0 Å². The van der Waals surface area contributed by atoms with E-state index < -0.39 is 16.1 Å². The minimum absolute atomic E-state index is 0.0648. The summed E-state index contributed by atoms with van der Waals surface area (Å²) < 4.78 is 40.7. The van der Waals surface area contributed by atoms with Crippen molar-refractivity contribution in [2.24, 2.45) is 0 Å². The summed E-state index contributed by atoms with van der Waals surface area (Å²) in [7, 11) is -3.51. The molecule has 0 amide bonds. The Morgan fingerprint density at radius 1 is 1.08 bits per heavy atom. The van der Waals surface area contributed by atoms with E-state index in [1.54, 1.807) is 0 Å². The highest BCUT2D eigenvalue weighted by molar-refractivity contribution is 7.89. The lowest BCUT2D eigenvalue weighted by molar-refractivity contribution is 0.0899. The summed E-state index contributed by atoms with van der Waals surface area (Å²) in [5.74, 6) is 2.57. The fraction of sp³-hybridized carbons (Fsp3) is 0.481. The molecule has 0 spiro atoms. The Hall–Kier alpha value is -2.95. The molecule has 37 heavy (non-hydrogen) atoms. The van der Waals surface area contributed by atoms with Gasteiger partial charge in [0.25, 0.3) is 0 Å². The van der Waals surface area contributed by atoms with E-state index in [1.807, 2.05) is 54.6 Å². The van der Waals surface area contributed by atoms with Crippen molar-refractivity contribution in [3.05, 3.63) is 71.8 Å². The number of hydrogen-bond acceptors (Lipinski definition) is 7. The van der Waals surface area contributed by atoms with Crippen molar-refractivity contribution >= 4 is 10.0 Å². The van der Waals surface area contributed by atoms with Crippen LogP contribution in [0.2, 0.25) is 0 Å². The first-order chi connectivity index (χ1) is 18.0. The second-order valence-electron chi connectivity index (χ2n) is 9.24. The number of para-hydroxylation sites is 2. The van der Waals surface area contributed by atoms with Gasteiger partial charge in [-0.3, -0.25) is 5.10 Å². The van der Waals surface area contributed by atoms with Gasteiger partial charge in [0, 0.05) is 6.42 Å². The number of aryl methyl sites for hydroxylation is 1. The van der Waals surface area contributed by atoms with E-state index in [0.717, 1.165) is 30.9 Å². The number of rotatable bonds is 14. The van der Waals surface area contributed by atoms with Gasteiger partial charge in [0.15, 0.2) is 17.3 Å². The first kappa shape index (κ1) is 27.1. The quantitative estimate of drug-likeness (QED) is 0.330. The second-order valence-corrected chi connectivity index (χ2v) is 11.1. The molecular weight excluding hydrogens is 490 g/mol. The number of nitrogens with one attached hydrogen (secondary N) is 2. The Morgan fingerprint density at radius 3 is 2.57 bits per heavy atom. The van der Waals surface area contributed by atoms with E-state index in [0.29, 0.717) is 49.7 Å².